The van der Waals surface area contributed by atoms with Crippen LogP contribution >= 0.6 is 11.6 Å². The average Bonchev–Trinajstić information content (AvgIpc) is 2.36. The lowest BCUT2D eigenvalue weighted by molar-refractivity contribution is 0.262. The number of hydrogen-bond donors (Lipinski definition) is 3. The lowest BCUT2D eigenvalue weighted by atomic mass is 10.2. The van der Waals surface area contributed by atoms with Crippen molar-refractivity contribution in [1.82, 2.24) is 0 Å². The molecule has 0 fully saturated rings. The number of aryl methyl sites for hydroxylation is 1. The molecule has 2 aromatic rings. The number of nitrogen functional groups attached to an aromatic ring is 1. The van der Waals surface area contributed by atoms with E-state index in [0.29, 0.717) is 16.4 Å². The molecule has 19 heavy (non-hydrogen) atoms. The van der Waals surface area contributed by atoms with Crippen molar-refractivity contribution in [2.45, 2.75) is 6.92 Å². The van der Waals surface area contributed by atoms with Gasteiger partial charge in [-0.1, -0.05) is 29.8 Å². The normalized spacial score (nSPS) is 10.0. The summed E-state index contributed by atoms with van der Waals surface area (Å²) in [6.45, 7) is 1.92. The van der Waals surface area contributed by atoms with Gasteiger partial charge in [-0.15, -0.1) is 0 Å². The van der Waals surface area contributed by atoms with Gasteiger partial charge < -0.3 is 16.4 Å². The van der Waals surface area contributed by atoms with Gasteiger partial charge in [0.1, 0.15) is 0 Å². The van der Waals surface area contributed by atoms with Crippen LogP contribution in [0.2, 0.25) is 5.02 Å². The quantitative estimate of drug-likeness (QED) is 0.728. The molecule has 0 aliphatic heterocycles. The molecule has 98 valence electrons. The molecular weight excluding hydrogens is 262 g/mol. The Labute approximate surface area is 116 Å². The number of carbonyl (C=O) groups is 1. The first-order chi connectivity index (χ1) is 9.06. The fraction of sp³-hybridized carbons (Fsp3) is 0.0714. The molecule has 0 atom stereocenters. The number of halogens is 1. The largest absolute Gasteiger partial charge is 0.399 e. The second-order valence-corrected chi connectivity index (χ2v) is 4.54. The maximum absolute atomic E-state index is 11.9. The van der Waals surface area contributed by atoms with Crippen molar-refractivity contribution in [2.24, 2.45) is 0 Å². The molecule has 5 heteroatoms. The monoisotopic (exact) mass is 275 g/mol. The van der Waals surface area contributed by atoms with Crippen LogP contribution in [0.25, 0.3) is 0 Å². The maximum atomic E-state index is 11.9. The van der Waals surface area contributed by atoms with E-state index in [2.05, 4.69) is 10.6 Å². The average molecular weight is 276 g/mol. The van der Waals surface area contributed by atoms with Crippen molar-refractivity contribution in [3.8, 4) is 0 Å². The summed E-state index contributed by atoms with van der Waals surface area (Å²) in [5.41, 5.74) is 8.40. The summed E-state index contributed by atoms with van der Waals surface area (Å²) in [6, 6.07) is 12.1. The number of urea groups is 1. The van der Waals surface area contributed by atoms with Gasteiger partial charge in [0, 0.05) is 11.4 Å². The molecule has 0 spiro atoms. The first-order valence-corrected chi connectivity index (χ1v) is 6.13. The molecule has 0 radical (unpaired) electrons. The maximum Gasteiger partial charge on any atom is 0.323 e. The Balaban J connectivity index is 2.08. The van der Waals surface area contributed by atoms with Crippen molar-refractivity contribution < 1.29 is 4.79 Å². The number of amides is 2. The molecule has 0 bridgehead atoms. The highest BCUT2D eigenvalue weighted by Crippen LogP contribution is 2.24. The third-order valence-electron chi connectivity index (χ3n) is 2.63. The van der Waals surface area contributed by atoms with Crippen molar-refractivity contribution in [1.29, 1.82) is 0 Å². The highest BCUT2D eigenvalue weighted by Gasteiger charge is 2.07. The summed E-state index contributed by atoms with van der Waals surface area (Å²) in [7, 11) is 0. The Bertz CT molecular complexity index is 613. The molecular formula is C14H14ClN3O. The topological polar surface area (TPSA) is 67.2 Å². The Morgan fingerprint density at radius 3 is 2.47 bits per heavy atom. The summed E-state index contributed by atoms with van der Waals surface area (Å²) in [4.78, 5) is 11.9. The van der Waals surface area contributed by atoms with Crippen LogP contribution in [0.15, 0.2) is 42.5 Å². The van der Waals surface area contributed by atoms with E-state index in [1.165, 1.54) is 0 Å². The summed E-state index contributed by atoms with van der Waals surface area (Å²) >= 11 is 5.99. The molecule has 0 saturated carbocycles. The molecule has 4 nitrogen and oxygen atoms in total. The fourth-order valence-electron chi connectivity index (χ4n) is 1.62. The summed E-state index contributed by atoms with van der Waals surface area (Å²) in [5.74, 6) is 0. The van der Waals surface area contributed by atoms with E-state index < -0.39 is 0 Å². The molecule has 0 aromatic heterocycles. The number of carbonyl (C=O) groups excluding carboxylic acids is 1. The molecule has 2 amide bonds. The zero-order chi connectivity index (χ0) is 13.8. The smallest absolute Gasteiger partial charge is 0.323 e. The first kappa shape index (κ1) is 13.2. The number of nitrogens with one attached hydrogen (secondary N) is 2. The van der Waals surface area contributed by atoms with Gasteiger partial charge >= 0.3 is 6.03 Å². The van der Waals surface area contributed by atoms with Crippen molar-refractivity contribution in [3.05, 3.63) is 53.1 Å². The lowest BCUT2D eigenvalue weighted by Crippen LogP contribution is -2.20. The highest BCUT2D eigenvalue weighted by molar-refractivity contribution is 6.34. The number of anilines is 3. The Morgan fingerprint density at radius 2 is 1.79 bits per heavy atom. The van der Waals surface area contributed by atoms with Gasteiger partial charge in [0.25, 0.3) is 0 Å². The molecule has 0 aliphatic carbocycles. The second kappa shape index (κ2) is 5.63. The van der Waals surface area contributed by atoms with E-state index in [4.69, 9.17) is 17.3 Å². The first-order valence-electron chi connectivity index (χ1n) is 5.75. The minimum absolute atomic E-state index is 0.346. The molecule has 0 saturated heterocycles. The number of benzene rings is 2. The van der Waals surface area contributed by atoms with E-state index >= 15 is 0 Å². The van der Waals surface area contributed by atoms with Crippen LogP contribution in [0.3, 0.4) is 0 Å². The number of hydrogen-bond acceptors (Lipinski definition) is 2. The number of nitrogens with two attached hydrogens (primary N) is 1. The van der Waals surface area contributed by atoms with Crippen LogP contribution in [0, 0.1) is 6.92 Å². The van der Waals surface area contributed by atoms with E-state index in [9.17, 15) is 4.79 Å². The molecule has 2 aromatic carbocycles. The van der Waals surface area contributed by atoms with E-state index in [0.717, 1.165) is 11.3 Å². The van der Waals surface area contributed by atoms with Gasteiger partial charge in [-0.05, 0) is 36.8 Å². The van der Waals surface area contributed by atoms with Crippen molar-refractivity contribution in [3.63, 3.8) is 0 Å². The van der Waals surface area contributed by atoms with Gasteiger partial charge in [-0.2, -0.15) is 0 Å². The van der Waals surface area contributed by atoms with Crippen LogP contribution in [-0.2, 0) is 0 Å². The van der Waals surface area contributed by atoms with Gasteiger partial charge in [0.05, 0.1) is 10.7 Å². The Morgan fingerprint density at radius 1 is 1.11 bits per heavy atom. The highest BCUT2D eigenvalue weighted by atomic mass is 35.5. The minimum atomic E-state index is -0.346. The van der Waals surface area contributed by atoms with E-state index in [-0.39, 0.29) is 6.03 Å². The van der Waals surface area contributed by atoms with E-state index in [1.807, 2.05) is 31.2 Å². The molecule has 2 rings (SSSR count). The molecule has 0 heterocycles. The lowest BCUT2D eigenvalue weighted by Gasteiger charge is -2.11. The van der Waals surface area contributed by atoms with Gasteiger partial charge in [-0.25, -0.2) is 4.79 Å². The minimum Gasteiger partial charge on any atom is -0.399 e. The van der Waals surface area contributed by atoms with Crippen LogP contribution in [0.4, 0.5) is 21.9 Å². The Kier molecular flexibility index (Phi) is 3.92. The Hall–Kier alpha value is -2.20. The summed E-state index contributed by atoms with van der Waals surface area (Å²) < 4.78 is 0. The number of rotatable bonds is 2. The van der Waals surface area contributed by atoms with Gasteiger partial charge in [0.2, 0.25) is 0 Å². The third kappa shape index (κ3) is 3.39. The SMILES string of the molecule is Cc1ccccc1NC(=O)Nc1ccc(N)cc1Cl. The van der Waals surface area contributed by atoms with Gasteiger partial charge in [-0.3, -0.25) is 0 Å². The van der Waals surface area contributed by atoms with Crippen LogP contribution in [-0.4, -0.2) is 6.03 Å². The summed E-state index contributed by atoms with van der Waals surface area (Å²) in [6.07, 6.45) is 0. The predicted octanol–water partition coefficient (Wildman–Crippen LogP) is 3.87. The van der Waals surface area contributed by atoms with Gasteiger partial charge in [0.15, 0.2) is 0 Å². The molecule has 0 unspecified atom stereocenters. The fourth-order valence-corrected chi connectivity index (χ4v) is 1.86. The molecule has 0 aliphatic rings. The van der Waals surface area contributed by atoms with Crippen LogP contribution in [0.1, 0.15) is 5.56 Å². The standard InChI is InChI=1S/C14H14ClN3O/c1-9-4-2-3-5-12(9)17-14(19)18-13-7-6-10(16)8-11(13)15/h2-8H,16H2,1H3,(H2,17,18,19). The van der Waals surface area contributed by atoms with Crippen LogP contribution in [0.5, 0.6) is 0 Å². The second-order valence-electron chi connectivity index (χ2n) is 4.13. The third-order valence-corrected chi connectivity index (χ3v) is 2.95. The van der Waals surface area contributed by atoms with Crippen molar-refractivity contribution in [2.75, 3.05) is 16.4 Å². The predicted molar refractivity (Wildman–Crippen MR) is 79.7 cm³/mol. The van der Waals surface area contributed by atoms with E-state index in [1.54, 1.807) is 18.2 Å². The summed E-state index contributed by atoms with van der Waals surface area (Å²) in [5, 5.41) is 5.84. The number of para-hydroxylation sites is 1. The zero-order valence-electron chi connectivity index (χ0n) is 10.4. The zero-order valence-corrected chi connectivity index (χ0v) is 11.2. The van der Waals surface area contributed by atoms with Crippen molar-refractivity contribution >= 4 is 34.7 Å². The van der Waals surface area contributed by atoms with Crippen LogP contribution < -0.4 is 16.4 Å². The molecule has 4 N–H and O–H groups in total.